The van der Waals surface area contributed by atoms with Gasteiger partial charge in [0, 0.05) is 10.6 Å². The molecule has 1 saturated heterocycles. The lowest BCUT2D eigenvalue weighted by Gasteiger charge is -2.04. The Kier molecular flexibility index (Phi) is 3.60. The summed E-state index contributed by atoms with van der Waals surface area (Å²) in [7, 11) is 0. The van der Waals surface area contributed by atoms with Gasteiger partial charge in [0.2, 0.25) is 5.96 Å². The molecule has 0 bridgehead atoms. The maximum Gasteiger partial charge on any atom is 0.223 e. The number of hydrogen-bond acceptors (Lipinski definition) is 4. The van der Waals surface area contributed by atoms with Crippen LogP contribution in [-0.2, 0) is 6.54 Å². The normalized spacial score (nSPS) is 14.0. The van der Waals surface area contributed by atoms with Crippen molar-refractivity contribution in [3.63, 3.8) is 0 Å². The Bertz CT molecular complexity index is 644. The molecule has 0 atom stereocenters. The standard InChI is InChI=1S/C13H14ClN5O/c1-8-10(3-2-4-11(8)14)12-6-5-9(20-12)7-15-13-16-18-19-17-13/h2-6,18-19H,7H2,1H3,(H2,15,16,17). The first kappa shape index (κ1) is 13.0. The fourth-order valence-corrected chi connectivity index (χ4v) is 2.10. The SMILES string of the molecule is Cc1c(Cl)cccc1-c1ccc(CN=C2NNNN2)o1. The predicted molar refractivity (Wildman–Crippen MR) is 77.6 cm³/mol. The molecule has 0 saturated carbocycles. The lowest BCUT2D eigenvalue weighted by Crippen LogP contribution is -2.33. The second-order valence-electron chi connectivity index (χ2n) is 4.34. The molecule has 7 heteroatoms. The van der Waals surface area contributed by atoms with Gasteiger partial charge in [0.05, 0.1) is 0 Å². The Labute approximate surface area is 121 Å². The molecule has 1 aliphatic heterocycles. The number of hydrogen-bond donors (Lipinski definition) is 4. The third kappa shape index (κ3) is 2.62. The average Bonchev–Trinajstić information content (AvgIpc) is 3.10. The number of benzene rings is 1. The van der Waals surface area contributed by atoms with Gasteiger partial charge in [0.25, 0.3) is 0 Å². The highest BCUT2D eigenvalue weighted by Crippen LogP contribution is 2.29. The summed E-state index contributed by atoms with van der Waals surface area (Å²) in [6, 6.07) is 9.61. The largest absolute Gasteiger partial charge is 0.459 e. The van der Waals surface area contributed by atoms with Crippen LogP contribution in [0.25, 0.3) is 11.3 Å². The number of guanidine groups is 1. The average molecular weight is 292 g/mol. The zero-order chi connectivity index (χ0) is 13.9. The van der Waals surface area contributed by atoms with E-state index < -0.39 is 0 Å². The molecule has 3 rings (SSSR count). The topological polar surface area (TPSA) is 73.6 Å². The number of rotatable bonds is 3. The Morgan fingerprint density at radius 1 is 1.15 bits per heavy atom. The lowest BCUT2D eigenvalue weighted by atomic mass is 10.1. The van der Waals surface area contributed by atoms with Crippen LogP contribution in [0.4, 0.5) is 0 Å². The van der Waals surface area contributed by atoms with Crippen LogP contribution < -0.4 is 21.9 Å². The van der Waals surface area contributed by atoms with E-state index in [9.17, 15) is 0 Å². The van der Waals surface area contributed by atoms with Gasteiger partial charge >= 0.3 is 0 Å². The van der Waals surface area contributed by atoms with Gasteiger partial charge in [-0.05, 0) is 30.7 Å². The summed E-state index contributed by atoms with van der Waals surface area (Å²) in [5.74, 6) is 2.19. The molecule has 2 heterocycles. The summed E-state index contributed by atoms with van der Waals surface area (Å²) in [6.45, 7) is 2.42. The molecule has 0 spiro atoms. The molecule has 1 aromatic heterocycles. The van der Waals surface area contributed by atoms with Crippen LogP contribution in [0.3, 0.4) is 0 Å². The molecule has 0 radical (unpaired) electrons. The number of furan rings is 1. The Morgan fingerprint density at radius 3 is 2.75 bits per heavy atom. The lowest BCUT2D eigenvalue weighted by molar-refractivity contribution is 0.525. The molecular weight excluding hydrogens is 278 g/mol. The third-order valence-corrected chi connectivity index (χ3v) is 3.42. The van der Waals surface area contributed by atoms with Gasteiger partial charge in [-0.25, -0.2) is 4.99 Å². The van der Waals surface area contributed by atoms with Crippen LogP contribution in [0.15, 0.2) is 39.7 Å². The summed E-state index contributed by atoms with van der Waals surface area (Å²) in [5, 5.41) is 0.734. The first-order valence-electron chi connectivity index (χ1n) is 6.15. The van der Waals surface area contributed by atoms with E-state index in [1.807, 2.05) is 37.3 Å². The van der Waals surface area contributed by atoms with Crippen molar-refractivity contribution in [1.82, 2.24) is 21.9 Å². The molecule has 0 aliphatic carbocycles. The molecule has 20 heavy (non-hydrogen) atoms. The molecule has 1 fully saturated rings. The smallest absolute Gasteiger partial charge is 0.223 e. The Balaban J connectivity index is 1.79. The zero-order valence-corrected chi connectivity index (χ0v) is 11.6. The molecule has 1 aromatic carbocycles. The Hall–Kier alpha value is -2.02. The minimum absolute atomic E-state index is 0.443. The van der Waals surface area contributed by atoms with Crippen molar-refractivity contribution in [3.8, 4) is 11.3 Å². The zero-order valence-electron chi connectivity index (χ0n) is 10.8. The van der Waals surface area contributed by atoms with E-state index in [1.165, 1.54) is 0 Å². The van der Waals surface area contributed by atoms with E-state index in [2.05, 4.69) is 26.9 Å². The fraction of sp³-hybridized carbons (Fsp3) is 0.154. The molecule has 104 valence electrons. The monoisotopic (exact) mass is 291 g/mol. The highest BCUT2D eigenvalue weighted by atomic mass is 35.5. The van der Waals surface area contributed by atoms with Gasteiger partial charge in [-0.1, -0.05) is 23.7 Å². The van der Waals surface area contributed by atoms with Crippen LogP contribution in [0.5, 0.6) is 0 Å². The van der Waals surface area contributed by atoms with Crippen molar-refractivity contribution in [2.75, 3.05) is 0 Å². The van der Waals surface area contributed by atoms with Crippen LogP contribution in [0, 0.1) is 6.92 Å². The minimum atomic E-state index is 0.443. The number of nitrogens with zero attached hydrogens (tertiary/aromatic N) is 1. The second kappa shape index (κ2) is 5.54. The minimum Gasteiger partial charge on any atom is -0.459 e. The first-order valence-corrected chi connectivity index (χ1v) is 6.52. The van der Waals surface area contributed by atoms with Crippen LogP contribution in [0.2, 0.25) is 5.02 Å². The van der Waals surface area contributed by atoms with Crippen molar-refractivity contribution in [1.29, 1.82) is 0 Å². The van der Waals surface area contributed by atoms with Gasteiger partial charge in [0.15, 0.2) is 0 Å². The van der Waals surface area contributed by atoms with Gasteiger partial charge in [0.1, 0.15) is 18.1 Å². The highest BCUT2D eigenvalue weighted by Gasteiger charge is 2.10. The van der Waals surface area contributed by atoms with Crippen LogP contribution in [0.1, 0.15) is 11.3 Å². The molecule has 1 aliphatic rings. The predicted octanol–water partition coefficient (Wildman–Crippen LogP) is 1.88. The van der Waals surface area contributed by atoms with E-state index in [0.29, 0.717) is 12.5 Å². The molecule has 6 nitrogen and oxygen atoms in total. The number of hydrazine groups is 3. The van der Waals surface area contributed by atoms with Crippen molar-refractivity contribution in [3.05, 3.63) is 46.7 Å². The number of halogens is 1. The fourth-order valence-electron chi connectivity index (χ4n) is 1.93. The maximum absolute atomic E-state index is 6.12. The van der Waals surface area contributed by atoms with E-state index in [0.717, 1.165) is 27.7 Å². The van der Waals surface area contributed by atoms with Gasteiger partial charge < -0.3 is 4.42 Å². The van der Waals surface area contributed by atoms with Crippen LogP contribution in [-0.4, -0.2) is 5.96 Å². The molecule has 4 N–H and O–H groups in total. The highest BCUT2D eigenvalue weighted by molar-refractivity contribution is 6.31. The van der Waals surface area contributed by atoms with Crippen molar-refractivity contribution in [2.45, 2.75) is 13.5 Å². The summed E-state index contributed by atoms with van der Waals surface area (Å²) >= 11 is 6.12. The molecule has 0 unspecified atom stereocenters. The summed E-state index contributed by atoms with van der Waals surface area (Å²) in [4.78, 5) is 4.29. The van der Waals surface area contributed by atoms with Crippen molar-refractivity contribution >= 4 is 17.6 Å². The van der Waals surface area contributed by atoms with Gasteiger partial charge in [-0.2, -0.15) is 11.1 Å². The number of aliphatic imine (C=N–C) groups is 1. The van der Waals surface area contributed by atoms with Gasteiger partial charge in [-0.3, -0.25) is 10.9 Å². The maximum atomic E-state index is 6.12. The van der Waals surface area contributed by atoms with E-state index in [4.69, 9.17) is 16.0 Å². The van der Waals surface area contributed by atoms with E-state index in [-0.39, 0.29) is 0 Å². The third-order valence-electron chi connectivity index (χ3n) is 3.01. The molecule has 2 aromatic rings. The Morgan fingerprint density at radius 2 is 1.95 bits per heavy atom. The molecular formula is C13H14ClN5O. The number of nitrogens with one attached hydrogen (secondary N) is 4. The second-order valence-corrected chi connectivity index (χ2v) is 4.75. The summed E-state index contributed by atoms with van der Waals surface area (Å²) < 4.78 is 5.80. The molecule has 0 amide bonds. The van der Waals surface area contributed by atoms with Crippen molar-refractivity contribution < 1.29 is 4.42 Å². The summed E-state index contributed by atoms with van der Waals surface area (Å²) in [5.41, 5.74) is 12.9. The van der Waals surface area contributed by atoms with Crippen LogP contribution >= 0.6 is 11.6 Å². The van der Waals surface area contributed by atoms with Gasteiger partial charge in [-0.15, -0.1) is 0 Å². The first-order chi connectivity index (χ1) is 9.74. The van der Waals surface area contributed by atoms with E-state index >= 15 is 0 Å². The van der Waals surface area contributed by atoms with Crippen molar-refractivity contribution in [2.24, 2.45) is 4.99 Å². The summed E-state index contributed by atoms with van der Waals surface area (Å²) in [6.07, 6.45) is 0. The quantitative estimate of drug-likeness (QED) is 0.695. The van der Waals surface area contributed by atoms with E-state index in [1.54, 1.807) is 0 Å².